The van der Waals surface area contributed by atoms with Crippen LogP contribution in [0.5, 0.6) is 0 Å². The van der Waals surface area contributed by atoms with Crippen molar-refractivity contribution in [2.24, 2.45) is 11.7 Å². The van der Waals surface area contributed by atoms with Gasteiger partial charge in [0.25, 0.3) is 0 Å². The van der Waals surface area contributed by atoms with Gasteiger partial charge in [0.1, 0.15) is 24.7 Å². The van der Waals surface area contributed by atoms with E-state index in [4.69, 9.17) is 10.5 Å². The van der Waals surface area contributed by atoms with Gasteiger partial charge in [0.2, 0.25) is 23.6 Å². The molecule has 3 atom stereocenters. The summed E-state index contributed by atoms with van der Waals surface area (Å²) in [5, 5.41) is 35.1. The molecule has 4 rings (SSSR count). The largest absolute Gasteiger partial charge is 0.465 e. The van der Waals surface area contributed by atoms with Crippen LogP contribution < -0.4 is 37.6 Å². The number of rotatable bonds is 23. The molecular weight excluding hydrogens is 837 g/mol. The first-order valence-corrected chi connectivity index (χ1v) is 21.9. The van der Waals surface area contributed by atoms with Crippen molar-refractivity contribution in [1.82, 2.24) is 31.5 Å². The number of carbonyl (C=O) groups is 7. The molecule has 0 fully saturated rings. The second-order valence-electron chi connectivity index (χ2n) is 17.3. The van der Waals surface area contributed by atoms with Gasteiger partial charge in [0.05, 0.1) is 6.61 Å². The fraction of sp³-hybridized carbons (Fsp3) is 0.468. The molecule has 352 valence electrons. The second-order valence-corrected chi connectivity index (χ2v) is 17.3. The summed E-state index contributed by atoms with van der Waals surface area (Å²) >= 11 is 0. The molecule has 0 aromatic heterocycles. The molecule has 0 aliphatic heterocycles. The van der Waals surface area contributed by atoms with Crippen LogP contribution in [0.25, 0.3) is 11.1 Å². The summed E-state index contributed by atoms with van der Waals surface area (Å²) in [6.45, 7) is 8.86. The molecule has 8 amide bonds. The number of fused-ring (bicyclic) bond motifs is 3. The lowest BCUT2D eigenvalue weighted by Gasteiger charge is -2.33. The minimum atomic E-state index is -1.08. The number of ether oxygens (including phenoxy) is 1. The van der Waals surface area contributed by atoms with Crippen LogP contribution in [0.3, 0.4) is 0 Å². The van der Waals surface area contributed by atoms with Crippen molar-refractivity contribution < 1.29 is 48.5 Å². The van der Waals surface area contributed by atoms with Crippen molar-refractivity contribution in [2.45, 2.75) is 109 Å². The van der Waals surface area contributed by atoms with Crippen LogP contribution in [0.15, 0.2) is 72.8 Å². The highest BCUT2D eigenvalue weighted by Gasteiger charge is 2.32. The van der Waals surface area contributed by atoms with E-state index in [1.165, 1.54) is 4.90 Å². The lowest BCUT2D eigenvalue weighted by atomic mass is 9.98. The molecule has 18 heteroatoms. The molecule has 1 aliphatic carbocycles. The standard InChI is InChI=1S/C47H64N8O10/c1-29(2)40(43(60)52-38(18-12-24-50-44(48)61)42(59)51-31-21-19-30(27-56)20-22-31)54-39(57)23-25-49-41(58)37(17-10-11-26-55(46(63)64)47(3,4)5)53-45(62)65-28-36-34-15-8-6-13-32(34)33-14-7-9-16-35(33)36/h6-9,13-16,19-22,29,36-38,40,56H,10-12,17-18,23-28H2,1-5H3,(H,49,58)(H,51,59)(H,52,60)(H,53,62)(H,54,57)(H,63,64)(H3,48,50,61)/t37-,38-,40-/m0/s1. The number of primary amides is 1. The first-order valence-electron chi connectivity index (χ1n) is 21.9. The van der Waals surface area contributed by atoms with Crippen molar-refractivity contribution in [3.05, 3.63) is 89.5 Å². The molecule has 1 aliphatic rings. The van der Waals surface area contributed by atoms with Crippen LogP contribution in [-0.2, 0) is 30.5 Å². The summed E-state index contributed by atoms with van der Waals surface area (Å²) < 4.78 is 5.72. The maximum Gasteiger partial charge on any atom is 0.407 e. The Bertz CT molecular complexity index is 2080. The molecule has 0 bridgehead atoms. The van der Waals surface area contributed by atoms with Crippen LogP contribution in [0.4, 0.5) is 20.1 Å². The van der Waals surface area contributed by atoms with Crippen molar-refractivity contribution in [3.8, 4) is 11.1 Å². The third-order valence-electron chi connectivity index (χ3n) is 11.0. The third kappa shape index (κ3) is 15.5. The predicted octanol–water partition coefficient (Wildman–Crippen LogP) is 4.55. The van der Waals surface area contributed by atoms with Gasteiger partial charge < -0.3 is 57.5 Å². The lowest BCUT2D eigenvalue weighted by Crippen LogP contribution is -2.55. The normalized spacial score (nSPS) is 13.3. The number of nitrogens with one attached hydrogen (secondary N) is 6. The number of unbranched alkanes of at least 4 members (excludes halogenated alkanes) is 1. The van der Waals surface area contributed by atoms with Gasteiger partial charge in [-0.2, -0.15) is 0 Å². The molecule has 0 spiro atoms. The maximum atomic E-state index is 13.6. The quantitative estimate of drug-likeness (QED) is 0.0599. The molecular formula is C47H64N8O10. The smallest absolute Gasteiger partial charge is 0.407 e. The number of nitrogens with two attached hydrogens (primary N) is 1. The molecule has 0 saturated carbocycles. The average Bonchev–Trinajstić information content (AvgIpc) is 3.57. The Kier molecular flexibility index (Phi) is 19.1. The summed E-state index contributed by atoms with van der Waals surface area (Å²) in [7, 11) is 0. The molecule has 0 unspecified atom stereocenters. The van der Waals surface area contributed by atoms with E-state index in [0.29, 0.717) is 24.1 Å². The van der Waals surface area contributed by atoms with Crippen LogP contribution >= 0.6 is 0 Å². The van der Waals surface area contributed by atoms with Gasteiger partial charge in [-0.05, 0) is 98.7 Å². The Labute approximate surface area is 379 Å². The highest BCUT2D eigenvalue weighted by atomic mass is 16.5. The number of hydrogen-bond donors (Lipinski definition) is 9. The SMILES string of the molecule is CC(C)[C@H](NC(=O)CCNC(=O)[C@H](CCCCN(C(=O)O)C(C)(C)C)NC(=O)OCC1c2ccccc2-c2ccccc21)C(=O)N[C@@H](CCCNC(N)=O)C(=O)Nc1ccc(CO)cc1. The molecule has 0 radical (unpaired) electrons. The number of nitrogens with zero attached hydrogens (tertiary/aromatic N) is 1. The molecule has 3 aromatic rings. The Hall–Kier alpha value is -6.69. The second kappa shape index (κ2) is 24.4. The molecule has 0 heterocycles. The highest BCUT2D eigenvalue weighted by molar-refractivity contribution is 5.98. The minimum absolute atomic E-state index is 0.0231. The first-order chi connectivity index (χ1) is 30.9. The van der Waals surface area contributed by atoms with Crippen LogP contribution in [0.1, 0.15) is 95.8 Å². The van der Waals surface area contributed by atoms with Gasteiger partial charge in [0, 0.05) is 43.2 Å². The van der Waals surface area contributed by atoms with Gasteiger partial charge in [-0.15, -0.1) is 0 Å². The Morgan fingerprint density at radius 1 is 0.738 bits per heavy atom. The monoisotopic (exact) mass is 900 g/mol. The predicted molar refractivity (Wildman–Crippen MR) is 244 cm³/mol. The third-order valence-corrected chi connectivity index (χ3v) is 11.0. The van der Waals surface area contributed by atoms with E-state index in [1.54, 1.807) is 58.9 Å². The van der Waals surface area contributed by atoms with E-state index in [1.807, 2.05) is 48.5 Å². The summed E-state index contributed by atoms with van der Waals surface area (Å²) in [6.07, 6.45) is -0.763. The van der Waals surface area contributed by atoms with E-state index in [2.05, 4.69) is 31.9 Å². The number of carboxylic acid groups (broad SMARTS) is 1. The van der Waals surface area contributed by atoms with Gasteiger partial charge in [-0.25, -0.2) is 14.4 Å². The first kappa shape index (κ1) is 50.9. The van der Waals surface area contributed by atoms with E-state index >= 15 is 0 Å². The summed E-state index contributed by atoms with van der Waals surface area (Å²) in [6, 6.07) is 18.3. The number of amides is 8. The number of aliphatic hydroxyl groups excluding tert-OH is 1. The zero-order valence-electron chi connectivity index (χ0n) is 37.8. The van der Waals surface area contributed by atoms with Gasteiger partial charge in [-0.3, -0.25) is 19.2 Å². The Morgan fingerprint density at radius 3 is 1.91 bits per heavy atom. The summed E-state index contributed by atoms with van der Waals surface area (Å²) in [5.74, 6) is -2.94. The molecule has 0 saturated heterocycles. The summed E-state index contributed by atoms with van der Waals surface area (Å²) in [4.78, 5) is 91.5. The van der Waals surface area contributed by atoms with Gasteiger partial charge in [-0.1, -0.05) is 74.5 Å². The Morgan fingerprint density at radius 2 is 1.34 bits per heavy atom. The zero-order chi connectivity index (χ0) is 47.7. The fourth-order valence-electron chi connectivity index (χ4n) is 7.56. The molecule has 65 heavy (non-hydrogen) atoms. The summed E-state index contributed by atoms with van der Waals surface area (Å²) in [5.41, 5.74) is 9.76. The van der Waals surface area contributed by atoms with E-state index in [9.17, 15) is 43.8 Å². The van der Waals surface area contributed by atoms with Crippen LogP contribution in [-0.4, -0.2) is 107 Å². The van der Waals surface area contributed by atoms with Crippen molar-refractivity contribution in [2.75, 3.05) is 31.6 Å². The van der Waals surface area contributed by atoms with Gasteiger partial charge >= 0.3 is 18.2 Å². The van der Waals surface area contributed by atoms with Crippen molar-refractivity contribution in [3.63, 3.8) is 0 Å². The van der Waals surface area contributed by atoms with E-state index < -0.39 is 71.4 Å². The minimum Gasteiger partial charge on any atom is -0.465 e. The van der Waals surface area contributed by atoms with Crippen molar-refractivity contribution in [1.29, 1.82) is 0 Å². The number of anilines is 1. The van der Waals surface area contributed by atoms with Gasteiger partial charge in [0.15, 0.2) is 0 Å². The Balaban J connectivity index is 1.36. The number of carbonyl (C=O) groups excluding carboxylic acids is 6. The molecule has 18 nitrogen and oxygen atoms in total. The fourth-order valence-corrected chi connectivity index (χ4v) is 7.56. The highest BCUT2D eigenvalue weighted by Crippen LogP contribution is 2.44. The van der Waals surface area contributed by atoms with Crippen LogP contribution in [0.2, 0.25) is 0 Å². The number of alkyl carbamates (subject to hydrolysis) is 1. The molecule has 3 aromatic carbocycles. The van der Waals surface area contributed by atoms with E-state index in [0.717, 1.165) is 22.3 Å². The zero-order valence-corrected chi connectivity index (χ0v) is 37.8. The molecule has 10 N–H and O–H groups in total. The number of aliphatic hydroxyl groups is 1. The lowest BCUT2D eigenvalue weighted by molar-refractivity contribution is -0.132. The topological polar surface area (TPSA) is 271 Å². The van der Waals surface area contributed by atoms with E-state index in [-0.39, 0.29) is 64.4 Å². The number of urea groups is 1. The average molecular weight is 901 g/mol. The number of benzene rings is 3. The van der Waals surface area contributed by atoms with Crippen LogP contribution in [0, 0.1) is 5.92 Å². The van der Waals surface area contributed by atoms with Crippen molar-refractivity contribution >= 4 is 47.5 Å². The maximum absolute atomic E-state index is 13.6. The number of hydrogen-bond acceptors (Lipinski definition) is 9.